The molecule has 3 N–H and O–H groups in total. The van der Waals surface area contributed by atoms with Crippen LogP contribution in [0.25, 0.3) is 21.3 Å². The van der Waals surface area contributed by atoms with Gasteiger partial charge in [0.1, 0.15) is 17.0 Å². The molecule has 0 fully saturated rings. The predicted molar refractivity (Wildman–Crippen MR) is 127 cm³/mol. The highest BCUT2D eigenvalue weighted by atomic mass is 32.1. The molecule has 0 spiro atoms. The lowest BCUT2D eigenvalue weighted by Gasteiger charge is -2.09. The van der Waals surface area contributed by atoms with Crippen LogP contribution in [0.15, 0.2) is 60.9 Å². The van der Waals surface area contributed by atoms with Gasteiger partial charge >= 0.3 is 5.97 Å². The minimum atomic E-state index is -0.996. The molecule has 0 aliphatic carbocycles. The van der Waals surface area contributed by atoms with Gasteiger partial charge in [0.2, 0.25) is 5.91 Å². The van der Waals surface area contributed by atoms with Crippen LogP contribution in [0, 0.1) is 6.92 Å². The molecule has 32 heavy (non-hydrogen) atoms. The van der Waals surface area contributed by atoms with Gasteiger partial charge in [-0.05, 0) is 43.2 Å². The number of thiophene rings is 1. The molecule has 2 aromatic heterocycles. The number of carbonyl (C=O) groups is 2. The first-order valence-electron chi connectivity index (χ1n) is 10.2. The summed E-state index contributed by atoms with van der Waals surface area (Å²) in [6.45, 7) is 2.67. The standard InChI is InChI=1S/C24H22N4O3S/c1-15-20(16-6-3-2-4-7-16)21-22(26-14-27-23(21)32-15)25-13-5-8-19(29)28-18-11-9-17(10-12-18)24(30)31/h2-4,6-7,9-12,14H,5,8,13H2,1H3,(H,28,29)(H,30,31)(H,25,26,27). The predicted octanol–water partition coefficient (Wildman–Crippen LogP) is 5.20. The molecule has 0 saturated heterocycles. The number of rotatable bonds is 8. The number of anilines is 2. The number of amides is 1. The van der Waals surface area contributed by atoms with Gasteiger partial charge < -0.3 is 15.7 Å². The maximum Gasteiger partial charge on any atom is 0.335 e. The second kappa shape index (κ2) is 9.57. The first kappa shape index (κ1) is 21.5. The van der Waals surface area contributed by atoms with Crippen LogP contribution in [0.4, 0.5) is 11.5 Å². The van der Waals surface area contributed by atoms with Gasteiger partial charge in [0, 0.05) is 29.1 Å². The quantitative estimate of drug-likeness (QED) is 0.322. The van der Waals surface area contributed by atoms with Crippen LogP contribution in [0.2, 0.25) is 0 Å². The molecule has 1 amide bonds. The van der Waals surface area contributed by atoms with Crippen LogP contribution < -0.4 is 10.6 Å². The molecule has 0 radical (unpaired) electrons. The van der Waals surface area contributed by atoms with Crippen molar-refractivity contribution in [2.24, 2.45) is 0 Å². The molecule has 0 aliphatic rings. The zero-order chi connectivity index (χ0) is 22.5. The van der Waals surface area contributed by atoms with E-state index in [0.29, 0.717) is 25.1 Å². The number of nitrogens with one attached hydrogen (secondary N) is 2. The van der Waals surface area contributed by atoms with E-state index in [-0.39, 0.29) is 11.5 Å². The molecule has 4 aromatic rings. The van der Waals surface area contributed by atoms with Crippen molar-refractivity contribution in [1.82, 2.24) is 9.97 Å². The van der Waals surface area contributed by atoms with Crippen LogP contribution in [-0.4, -0.2) is 33.5 Å². The summed E-state index contributed by atoms with van der Waals surface area (Å²) in [5, 5.41) is 16.1. The number of carbonyl (C=O) groups excluding carboxylic acids is 1. The van der Waals surface area contributed by atoms with Gasteiger partial charge in [-0.3, -0.25) is 4.79 Å². The van der Waals surface area contributed by atoms with Gasteiger partial charge in [0.25, 0.3) is 0 Å². The summed E-state index contributed by atoms with van der Waals surface area (Å²) in [5.74, 6) is -0.356. The topological polar surface area (TPSA) is 104 Å². The third-order valence-corrected chi connectivity index (χ3v) is 6.03. The fraction of sp³-hybridized carbons (Fsp3) is 0.167. The Morgan fingerprint density at radius 3 is 2.50 bits per heavy atom. The molecule has 0 unspecified atom stereocenters. The van der Waals surface area contributed by atoms with E-state index >= 15 is 0 Å². The van der Waals surface area contributed by atoms with Crippen LogP contribution >= 0.6 is 11.3 Å². The Morgan fingerprint density at radius 1 is 1.03 bits per heavy atom. The number of fused-ring (bicyclic) bond motifs is 1. The summed E-state index contributed by atoms with van der Waals surface area (Å²) in [5.41, 5.74) is 3.02. The summed E-state index contributed by atoms with van der Waals surface area (Å²) >= 11 is 1.64. The highest BCUT2D eigenvalue weighted by Crippen LogP contribution is 2.40. The minimum absolute atomic E-state index is 0.126. The SMILES string of the molecule is Cc1sc2ncnc(NCCCC(=O)Nc3ccc(C(=O)O)cc3)c2c1-c1ccccc1. The average Bonchev–Trinajstić information content (AvgIpc) is 3.14. The highest BCUT2D eigenvalue weighted by molar-refractivity contribution is 7.19. The zero-order valence-corrected chi connectivity index (χ0v) is 18.3. The van der Waals surface area contributed by atoms with E-state index in [0.717, 1.165) is 27.2 Å². The van der Waals surface area contributed by atoms with E-state index < -0.39 is 5.97 Å². The van der Waals surface area contributed by atoms with E-state index in [1.807, 2.05) is 18.2 Å². The Labute approximate surface area is 189 Å². The third kappa shape index (κ3) is 4.76. The first-order valence-corrected chi connectivity index (χ1v) is 11.0. The average molecular weight is 447 g/mol. The van der Waals surface area contributed by atoms with E-state index in [1.165, 1.54) is 17.0 Å². The molecule has 0 aliphatic heterocycles. The summed E-state index contributed by atoms with van der Waals surface area (Å²) in [6, 6.07) is 16.3. The lowest BCUT2D eigenvalue weighted by atomic mass is 10.0. The zero-order valence-electron chi connectivity index (χ0n) is 17.5. The maximum atomic E-state index is 12.2. The van der Waals surface area contributed by atoms with Crippen LogP contribution in [-0.2, 0) is 4.79 Å². The molecule has 8 heteroatoms. The molecule has 4 rings (SSSR count). The Balaban J connectivity index is 1.38. The Kier molecular flexibility index (Phi) is 6.42. The lowest BCUT2D eigenvalue weighted by Crippen LogP contribution is -2.14. The molecule has 2 heterocycles. The molecule has 0 atom stereocenters. The normalized spacial score (nSPS) is 10.8. The summed E-state index contributed by atoms with van der Waals surface area (Å²) in [7, 11) is 0. The van der Waals surface area contributed by atoms with Gasteiger partial charge in [-0.1, -0.05) is 30.3 Å². The molecule has 162 valence electrons. The molecule has 2 aromatic carbocycles. The number of aromatic nitrogens is 2. The molecule has 0 saturated carbocycles. The number of aryl methyl sites for hydroxylation is 1. The van der Waals surface area contributed by atoms with E-state index in [2.05, 4.69) is 39.7 Å². The van der Waals surface area contributed by atoms with Gasteiger partial charge in [0.15, 0.2) is 0 Å². The number of hydrogen-bond acceptors (Lipinski definition) is 6. The van der Waals surface area contributed by atoms with E-state index in [1.54, 1.807) is 29.8 Å². The smallest absolute Gasteiger partial charge is 0.335 e. The molecule has 0 bridgehead atoms. The van der Waals surface area contributed by atoms with Crippen LogP contribution in [0.5, 0.6) is 0 Å². The Hall–Kier alpha value is -3.78. The highest BCUT2D eigenvalue weighted by Gasteiger charge is 2.16. The van der Waals surface area contributed by atoms with Crippen molar-refractivity contribution in [3.8, 4) is 11.1 Å². The van der Waals surface area contributed by atoms with Crippen molar-refractivity contribution < 1.29 is 14.7 Å². The minimum Gasteiger partial charge on any atom is -0.478 e. The van der Waals surface area contributed by atoms with Crippen molar-refractivity contribution in [3.63, 3.8) is 0 Å². The van der Waals surface area contributed by atoms with Crippen molar-refractivity contribution in [3.05, 3.63) is 71.4 Å². The molecule has 7 nitrogen and oxygen atoms in total. The van der Waals surface area contributed by atoms with Gasteiger partial charge in [-0.25, -0.2) is 14.8 Å². The Bertz CT molecular complexity index is 1250. The number of hydrogen-bond donors (Lipinski definition) is 3. The van der Waals surface area contributed by atoms with Crippen molar-refractivity contribution >= 4 is 44.9 Å². The number of carboxylic acid groups (broad SMARTS) is 1. The second-order valence-electron chi connectivity index (χ2n) is 7.26. The largest absolute Gasteiger partial charge is 0.478 e. The van der Waals surface area contributed by atoms with Gasteiger partial charge in [0.05, 0.1) is 10.9 Å². The van der Waals surface area contributed by atoms with Gasteiger partial charge in [-0.2, -0.15) is 0 Å². The molecular formula is C24H22N4O3S. The lowest BCUT2D eigenvalue weighted by molar-refractivity contribution is -0.116. The Morgan fingerprint density at radius 2 is 1.78 bits per heavy atom. The first-order chi connectivity index (χ1) is 15.5. The fourth-order valence-electron chi connectivity index (χ4n) is 3.51. The van der Waals surface area contributed by atoms with Crippen LogP contribution in [0.1, 0.15) is 28.1 Å². The van der Waals surface area contributed by atoms with Crippen molar-refractivity contribution in [2.75, 3.05) is 17.2 Å². The van der Waals surface area contributed by atoms with Crippen LogP contribution in [0.3, 0.4) is 0 Å². The van der Waals surface area contributed by atoms with E-state index in [4.69, 9.17) is 5.11 Å². The summed E-state index contributed by atoms with van der Waals surface area (Å²) in [6.07, 6.45) is 2.51. The van der Waals surface area contributed by atoms with E-state index in [9.17, 15) is 9.59 Å². The fourth-order valence-corrected chi connectivity index (χ4v) is 4.52. The second-order valence-corrected chi connectivity index (χ2v) is 8.47. The number of carboxylic acids is 1. The number of benzene rings is 2. The summed E-state index contributed by atoms with van der Waals surface area (Å²) < 4.78 is 0. The van der Waals surface area contributed by atoms with Gasteiger partial charge in [-0.15, -0.1) is 11.3 Å². The monoisotopic (exact) mass is 446 g/mol. The third-order valence-electron chi connectivity index (χ3n) is 5.02. The number of aromatic carboxylic acids is 1. The number of nitrogens with zero attached hydrogens (tertiary/aromatic N) is 2. The maximum absolute atomic E-state index is 12.2. The summed E-state index contributed by atoms with van der Waals surface area (Å²) in [4.78, 5) is 34.1. The van der Waals surface area contributed by atoms with Crippen molar-refractivity contribution in [2.45, 2.75) is 19.8 Å². The van der Waals surface area contributed by atoms with Crippen molar-refractivity contribution in [1.29, 1.82) is 0 Å². The molecular weight excluding hydrogens is 424 g/mol.